The zero-order valence-corrected chi connectivity index (χ0v) is 20.3. The van der Waals surface area contributed by atoms with Crippen LogP contribution in [-0.2, 0) is 6.42 Å². The number of fused-ring (bicyclic) bond motifs is 1. The minimum Gasteiger partial charge on any atom is -0.478 e. The quantitative estimate of drug-likeness (QED) is 0.344. The van der Waals surface area contributed by atoms with Gasteiger partial charge in [-0.1, -0.05) is 39.0 Å². The van der Waals surface area contributed by atoms with Gasteiger partial charge in [-0.3, -0.25) is 0 Å². The number of hydrogen-bond donors (Lipinski definition) is 0. The zero-order valence-electron chi connectivity index (χ0n) is 20.3. The first-order valence-electron chi connectivity index (χ1n) is 13.2. The third-order valence-electron chi connectivity index (χ3n) is 8.42. The van der Waals surface area contributed by atoms with Crippen molar-refractivity contribution in [1.82, 2.24) is 0 Å². The zero-order chi connectivity index (χ0) is 25.2. The summed E-state index contributed by atoms with van der Waals surface area (Å²) in [7, 11) is 0. The Morgan fingerprint density at radius 1 is 0.886 bits per heavy atom. The second-order valence-corrected chi connectivity index (χ2v) is 10.8. The van der Waals surface area contributed by atoms with E-state index < -0.39 is 35.9 Å². The first-order valence-corrected chi connectivity index (χ1v) is 13.2. The van der Waals surface area contributed by atoms with E-state index in [4.69, 9.17) is 9.47 Å². The number of alkyl halides is 5. The van der Waals surface area contributed by atoms with Gasteiger partial charge in [-0.25, -0.2) is 4.39 Å². The number of rotatable bonds is 7. The molecule has 1 aromatic rings. The molecule has 0 radical (unpaired) electrons. The van der Waals surface area contributed by atoms with Gasteiger partial charge in [0.1, 0.15) is 5.75 Å². The molecule has 3 aliphatic rings. The summed E-state index contributed by atoms with van der Waals surface area (Å²) in [6, 6.07) is 1.88. The highest BCUT2D eigenvalue weighted by Gasteiger charge is 2.46. The highest BCUT2D eigenvalue weighted by molar-refractivity contribution is 5.43. The van der Waals surface area contributed by atoms with Crippen LogP contribution in [0.1, 0.15) is 89.5 Å². The molecule has 2 fully saturated rings. The minimum atomic E-state index is -4.61. The summed E-state index contributed by atoms with van der Waals surface area (Å²) in [5.41, 5.74) is 0.120. The molecule has 2 saturated carbocycles. The molecule has 1 aromatic carbocycles. The number of unbranched alkanes of at least 4 members (excludes halogenated alkanes) is 1. The van der Waals surface area contributed by atoms with Crippen LogP contribution in [0.4, 0.5) is 26.3 Å². The van der Waals surface area contributed by atoms with Crippen LogP contribution in [0.5, 0.6) is 11.5 Å². The maximum atomic E-state index is 15.0. The molecule has 2 aliphatic carbocycles. The summed E-state index contributed by atoms with van der Waals surface area (Å²) in [6.07, 6.45) is 0.241. The van der Waals surface area contributed by atoms with Gasteiger partial charge in [0.15, 0.2) is 17.7 Å². The van der Waals surface area contributed by atoms with Crippen LogP contribution < -0.4 is 9.47 Å². The van der Waals surface area contributed by atoms with Crippen molar-refractivity contribution < 1.29 is 35.8 Å². The molecular formula is C27H36F6O2. The number of hydrogen-bond acceptors (Lipinski definition) is 2. The molecule has 198 valence electrons. The summed E-state index contributed by atoms with van der Waals surface area (Å²) < 4.78 is 92.9. The average Bonchev–Trinajstić information content (AvgIpc) is 2.82. The molecule has 1 aliphatic heterocycles. The lowest BCUT2D eigenvalue weighted by atomic mass is 9.68. The van der Waals surface area contributed by atoms with Crippen molar-refractivity contribution >= 4 is 0 Å². The van der Waals surface area contributed by atoms with Gasteiger partial charge in [-0.2, -0.15) is 22.0 Å². The predicted molar refractivity (Wildman–Crippen MR) is 121 cm³/mol. The number of aryl methyl sites for hydroxylation is 1. The average molecular weight is 507 g/mol. The van der Waals surface area contributed by atoms with Crippen LogP contribution in [0, 0.1) is 29.5 Å². The Balaban J connectivity index is 1.31. The van der Waals surface area contributed by atoms with Gasteiger partial charge in [0.25, 0.3) is 0 Å². The van der Waals surface area contributed by atoms with Crippen molar-refractivity contribution in [3.8, 4) is 11.5 Å². The maximum Gasteiger partial charge on any atom is 0.425 e. The molecule has 2 nitrogen and oxygen atoms in total. The first kappa shape index (κ1) is 26.5. The molecule has 0 spiro atoms. The fourth-order valence-electron chi connectivity index (χ4n) is 6.33. The van der Waals surface area contributed by atoms with Crippen LogP contribution in [-0.4, -0.2) is 18.4 Å². The Morgan fingerprint density at radius 3 is 2.11 bits per heavy atom. The van der Waals surface area contributed by atoms with Gasteiger partial charge in [0.05, 0.1) is 5.92 Å². The second kappa shape index (κ2) is 10.8. The first-order chi connectivity index (χ1) is 16.6. The van der Waals surface area contributed by atoms with Crippen LogP contribution in [0.3, 0.4) is 0 Å². The highest BCUT2D eigenvalue weighted by atomic mass is 19.4. The highest BCUT2D eigenvalue weighted by Crippen LogP contribution is 2.47. The lowest BCUT2D eigenvalue weighted by Crippen LogP contribution is -2.39. The number of halogens is 6. The monoisotopic (exact) mass is 506 g/mol. The van der Waals surface area contributed by atoms with Gasteiger partial charge in [-0.05, 0) is 75.2 Å². The van der Waals surface area contributed by atoms with E-state index in [-0.39, 0.29) is 24.2 Å². The Hall–Kier alpha value is -1.60. The van der Waals surface area contributed by atoms with E-state index in [2.05, 4.69) is 6.92 Å². The predicted octanol–water partition coefficient (Wildman–Crippen LogP) is 8.86. The van der Waals surface area contributed by atoms with E-state index in [9.17, 15) is 26.3 Å². The molecule has 1 atom stereocenters. The second-order valence-electron chi connectivity index (χ2n) is 10.8. The molecular weight excluding hydrogens is 470 g/mol. The van der Waals surface area contributed by atoms with Crippen molar-refractivity contribution in [2.45, 2.75) is 109 Å². The van der Waals surface area contributed by atoms with Gasteiger partial charge < -0.3 is 9.47 Å². The van der Waals surface area contributed by atoms with Crippen molar-refractivity contribution in [2.24, 2.45) is 23.7 Å². The van der Waals surface area contributed by atoms with Gasteiger partial charge in [-0.15, -0.1) is 0 Å². The van der Waals surface area contributed by atoms with Crippen LogP contribution in [0.25, 0.3) is 0 Å². The lowest BCUT2D eigenvalue weighted by molar-refractivity contribution is -0.224. The molecule has 8 heteroatoms. The Labute approximate surface area is 203 Å². The van der Waals surface area contributed by atoms with Crippen molar-refractivity contribution in [2.75, 3.05) is 0 Å². The summed E-state index contributed by atoms with van der Waals surface area (Å²) in [5, 5.41) is 0. The summed E-state index contributed by atoms with van der Waals surface area (Å²) in [4.78, 5) is 0. The van der Waals surface area contributed by atoms with Crippen molar-refractivity contribution in [3.63, 3.8) is 0 Å². The number of benzene rings is 1. The molecule has 1 heterocycles. The van der Waals surface area contributed by atoms with E-state index in [0.29, 0.717) is 30.7 Å². The lowest BCUT2D eigenvalue weighted by Gasteiger charge is -2.39. The van der Waals surface area contributed by atoms with Crippen LogP contribution >= 0.6 is 0 Å². The van der Waals surface area contributed by atoms with Gasteiger partial charge >= 0.3 is 12.3 Å². The van der Waals surface area contributed by atoms with E-state index in [1.807, 2.05) is 0 Å². The number of ether oxygens (including phenoxy) is 2. The van der Waals surface area contributed by atoms with Gasteiger partial charge in [0, 0.05) is 11.6 Å². The molecule has 0 N–H and O–H groups in total. The minimum absolute atomic E-state index is 0.120. The van der Waals surface area contributed by atoms with E-state index in [1.54, 1.807) is 0 Å². The van der Waals surface area contributed by atoms with Gasteiger partial charge in [0.2, 0.25) is 0 Å². The molecule has 0 aromatic heterocycles. The van der Waals surface area contributed by atoms with E-state index >= 15 is 0 Å². The van der Waals surface area contributed by atoms with E-state index in [0.717, 1.165) is 18.8 Å². The Morgan fingerprint density at radius 2 is 1.51 bits per heavy atom. The van der Waals surface area contributed by atoms with Crippen LogP contribution in [0.15, 0.2) is 12.1 Å². The normalized spacial score (nSPS) is 29.9. The third-order valence-corrected chi connectivity index (χ3v) is 8.42. The van der Waals surface area contributed by atoms with Crippen molar-refractivity contribution in [1.29, 1.82) is 0 Å². The molecule has 1 unspecified atom stereocenters. The molecule has 0 saturated heterocycles. The Bertz CT molecular complexity index is 839. The van der Waals surface area contributed by atoms with Crippen LogP contribution in [0.2, 0.25) is 0 Å². The Kier molecular flexibility index (Phi) is 8.16. The SMILES string of the molecule is CCCCC1CCC(C2CCC(C(F)(F)Oc3cc(F)c4c(c3)CCC(C(F)(F)F)O4)CC2)CC1. The topological polar surface area (TPSA) is 18.5 Å². The van der Waals surface area contributed by atoms with Crippen molar-refractivity contribution in [3.05, 3.63) is 23.5 Å². The maximum absolute atomic E-state index is 15.0. The smallest absolute Gasteiger partial charge is 0.425 e. The van der Waals surface area contributed by atoms with E-state index in [1.165, 1.54) is 51.0 Å². The molecule has 0 amide bonds. The fourth-order valence-corrected chi connectivity index (χ4v) is 6.33. The summed E-state index contributed by atoms with van der Waals surface area (Å²) in [6.45, 7) is 2.22. The largest absolute Gasteiger partial charge is 0.478 e. The molecule has 0 bridgehead atoms. The summed E-state index contributed by atoms with van der Waals surface area (Å²) >= 11 is 0. The molecule has 35 heavy (non-hydrogen) atoms. The molecule has 4 rings (SSSR count). The standard InChI is InChI=1S/C27H36F6O2/c1-2-3-4-17-5-7-18(8-6-17)19-9-12-21(13-10-19)27(32,33)35-22-15-20-11-14-24(26(29,30)31)34-25(20)23(28)16-22/h15-19,21,24H,2-14H2,1H3. The fraction of sp³-hybridized carbons (Fsp3) is 0.778. The summed E-state index contributed by atoms with van der Waals surface area (Å²) in [5.74, 6) is -1.04. The third kappa shape index (κ3) is 6.40.